The minimum atomic E-state index is -0.531. The van der Waals surface area contributed by atoms with Gasteiger partial charge in [-0.2, -0.15) is 5.10 Å². The summed E-state index contributed by atoms with van der Waals surface area (Å²) in [5, 5.41) is 6.08. The number of carbonyl (C=O) groups is 1. The molecule has 0 radical (unpaired) electrons. The smallest absolute Gasteiger partial charge is 0.269 e. The first-order valence-electron chi connectivity index (χ1n) is 2.21. The van der Waals surface area contributed by atoms with E-state index in [0.29, 0.717) is 4.60 Å². The summed E-state index contributed by atoms with van der Waals surface area (Å²) in [4.78, 5) is 10.3. The van der Waals surface area contributed by atoms with E-state index in [0.717, 1.165) is 0 Å². The highest BCUT2D eigenvalue weighted by Gasteiger charge is 2.02. The van der Waals surface area contributed by atoms with Crippen LogP contribution in [-0.2, 0) is 0 Å². The number of aromatic nitrogens is 2. The second-order valence-electron chi connectivity index (χ2n) is 1.47. The Balaban J connectivity index is 2.98. The van der Waals surface area contributed by atoms with E-state index in [-0.39, 0.29) is 5.69 Å². The van der Waals surface area contributed by atoms with Gasteiger partial charge in [0.2, 0.25) is 0 Å². The van der Waals surface area contributed by atoms with Gasteiger partial charge in [-0.25, -0.2) is 0 Å². The summed E-state index contributed by atoms with van der Waals surface area (Å²) >= 11 is 3.07. The Labute approximate surface area is 59.6 Å². The fourth-order valence-corrected chi connectivity index (χ4v) is 0.730. The molecule has 0 aliphatic heterocycles. The van der Waals surface area contributed by atoms with Crippen LogP contribution >= 0.6 is 15.9 Å². The first-order valence-corrected chi connectivity index (χ1v) is 3.00. The predicted octanol–water partition coefficient (Wildman–Crippen LogP) is 0.271. The number of nitrogens with zero attached hydrogens (tertiary/aromatic N) is 1. The maximum Gasteiger partial charge on any atom is 0.269 e. The highest BCUT2D eigenvalue weighted by Crippen LogP contribution is 2.04. The molecule has 1 aromatic heterocycles. The van der Waals surface area contributed by atoms with Crippen molar-refractivity contribution in [2.24, 2.45) is 5.73 Å². The second kappa shape index (κ2) is 2.18. The first kappa shape index (κ1) is 6.28. The minimum absolute atomic E-state index is 0.238. The molecule has 4 nitrogen and oxygen atoms in total. The molecule has 0 unspecified atom stereocenters. The van der Waals surface area contributed by atoms with Gasteiger partial charge < -0.3 is 5.73 Å². The quantitative estimate of drug-likeness (QED) is 0.667. The zero-order chi connectivity index (χ0) is 6.85. The molecule has 1 amide bonds. The molecule has 0 saturated heterocycles. The van der Waals surface area contributed by atoms with Crippen molar-refractivity contribution < 1.29 is 4.79 Å². The van der Waals surface area contributed by atoms with Crippen LogP contribution in [0.2, 0.25) is 0 Å². The Bertz CT molecular complexity index is 231. The van der Waals surface area contributed by atoms with Gasteiger partial charge in [0.1, 0.15) is 4.60 Å². The number of rotatable bonds is 1. The standard InChI is InChI=1S/C4H4BrN3O/c5-3-1-2(4(6)9)7-8-3/h1H,(H2,6,9)(H,7,8). The molecule has 0 atom stereocenters. The normalized spacial score (nSPS) is 9.44. The molecule has 0 fully saturated rings. The first-order chi connectivity index (χ1) is 4.20. The SMILES string of the molecule is NC(=O)c1cc(Br)[nH]n1. The monoisotopic (exact) mass is 189 g/mol. The van der Waals surface area contributed by atoms with Crippen LogP contribution in [-0.4, -0.2) is 16.1 Å². The third kappa shape index (κ3) is 1.29. The number of nitrogens with two attached hydrogens (primary N) is 1. The summed E-state index contributed by atoms with van der Waals surface area (Å²) in [6, 6.07) is 1.52. The van der Waals surface area contributed by atoms with Crippen molar-refractivity contribution in [2.75, 3.05) is 0 Å². The molecule has 9 heavy (non-hydrogen) atoms. The number of hydrogen-bond acceptors (Lipinski definition) is 2. The Hall–Kier alpha value is -0.840. The summed E-state index contributed by atoms with van der Waals surface area (Å²) in [5.41, 5.74) is 5.12. The maximum absolute atomic E-state index is 10.3. The van der Waals surface area contributed by atoms with Crippen molar-refractivity contribution in [3.05, 3.63) is 16.4 Å². The zero-order valence-electron chi connectivity index (χ0n) is 4.39. The Morgan fingerprint density at radius 2 is 2.56 bits per heavy atom. The third-order valence-electron chi connectivity index (χ3n) is 0.799. The molecule has 0 spiro atoms. The van der Waals surface area contributed by atoms with Crippen molar-refractivity contribution in [1.82, 2.24) is 10.2 Å². The van der Waals surface area contributed by atoms with Crippen molar-refractivity contribution in [1.29, 1.82) is 0 Å². The van der Waals surface area contributed by atoms with Crippen LogP contribution in [0, 0.1) is 0 Å². The fraction of sp³-hybridized carbons (Fsp3) is 0. The molecule has 0 bridgehead atoms. The summed E-state index contributed by atoms with van der Waals surface area (Å²) in [6.45, 7) is 0. The van der Waals surface area contributed by atoms with Crippen molar-refractivity contribution in [2.45, 2.75) is 0 Å². The van der Waals surface area contributed by atoms with Gasteiger partial charge in [0, 0.05) is 6.07 Å². The molecule has 0 saturated carbocycles. The van der Waals surface area contributed by atoms with Crippen LogP contribution < -0.4 is 5.73 Å². The number of halogens is 1. The van der Waals surface area contributed by atoms with E-state index in [4.69, 9.17) is 5.73 Å². The number of carbonyl (C=O) groups excluding carboxylic acids is 1. The molecule has 3 N–H and O–H groups in total. The lowest BCUT2D eigenvalue weighted by Crippen LogP contribution is -2.10. The van der Waals surface area contributed by atoms with Crippen LogP contribution in [0.5, 0.6) is 0 Å². The Morgan fingerprint density at radius 3 is 2.78 bits per heavy atom. The van der Waals surface area contributed by atoms with Crippen LogP contribution in [0.4, 0.5) is 0 Å². The molecule has 1 rings (SSSR count). The van der Waals surface area contributed by atoms with Crippen LogP contribution in [0.15, 0.2) is 10.7 Å². The van der Waals surface area contributed by atoms with Crippen LogP contribution in [0.1, 0.15) is 10.5 Å². The predicted molar refractivity (Wildman–Crippen MR) is 34.8 cm³/mol. The van der Waals surface area contributed by atoms with E-state index < -0.39 is 5.91 Å². The van der Waals surface area contributed by atoms with Crippen LogP contribution in [0.25, 0.3) is 0 Å². The van der Waals surface area contributed by atoms with E-state index in [1.807, 2.05) is 0 Å². The zero-order valence-corrected chi connectivity index (χ0v) is 5.97. The molecule has 0 aromatic carbocycles. The summed E-state index contributed by atoms with van der Waals surface area (Å²) in [5.74, 6) is -0.531. The van der Waals surface area contributed by atoms with Crippen molar-refractivity contribution >= 4 is 21.8 Å². The van der Waals surface area contributed by atoms with Gasteiger partial charge in [0.05, 0.1) is 0 Å². The number of primary amides is 1. The van der Waals surface area contributed by atoms with E-state index in [9.17, 15) is 4.79 Å². The van der Waals surface area contributed by atoms with Gasteiger partial charge in [-0.1, -0.05) is 0 Å². The molecule has 1 heterocycles. The van der Waals surface area contributed by atoms with Gasteiger partial charge in [-0.05, 0) is 15.9 Å². The van der Waals surface area contributed by atoms with E-state index in [2.05, 4.69) is 26.1 Å². The van der Waals surface area contributed by atoms with Gasteiger partial charge in [0.15, 0.2) is 5.69 Å². The Kier molecular flexibility index (Phi) is 1.52. The molecular formula is C4H4BrN3O. The molecule has 0 aliphatic rings. The second-order valence-corrected chi connectivity index (χ2v) is 2.32. The lowest BCUT2D eigenvalue weighted by molar-refractivity contribution is 0.0995. The van der Waals surface area contributed by atoms with Gasteiger partial charge in [0.25, 0.3) is 5.91 Å². The topological polar surface area (TPSA) is 71.8 Å². The summed E-state index contributed by atoms with van der Waals surface area (Å²) < 4.78 is 0.649. The van der Waals surface area contributed by atoms with Gasteiger partial charge in [-0.15, -0.1) is 0 Å². The lowest BCUT2D eigenvalue weighted by atomic mass is 10.4. The van der Waals surface area contributed by atoms with Gasteiger partial charge in [-0.3, -0.25) is 9.89 Å². The molecule has 0 aliphatic carbocycles. The average molecular weight is 190 g/mol. The maximum atomic E-state index is 10.3. The minimum Gasteiger partial charge on any atom is -0.364 e. The highest BCUT2D eigenvalue weighted by molar-refractivity contribution is 9.10. The molecular weight excluding hydrogens is 186 g/mol. The third-order valence-corrected chi connectivity index (χ3v) is 1.21. The van der Waals surface area contributed by atoms with Crippen LogP contribution in [0.3, 0.4) is 0 Å². The summed E-state index contributed by atoms with van der Waals surface area (Å²) in [7, 11) is 0. The van der Waals surface area contributed by atoms with Crippen molar-refractivity contribution in [3.8, 4) is 0 Å². The number of hydrogen-bond donors (Lipinski definition) is 2. The highest BCUT2D eigenvalue weighted by atomic mass is 79.9. The number of amides is 1. The molecule has 1 aromatic rings. The number of H-pyrrole nitrogens is 1. The number of nitrogens with one attached hydrogen (secondary N) is 1. The van der Waals surface area contributed by atoms with Crippen molar-refractivity contribution in [3.63, 3.8) is 0 Å². The number of aromatic amines is 1. The van der Waals surface area contributed by atoms with E-state index in [1.54, 1.807) is 0 Å². The Morgan fingerprint density at radius 1 is 1.89 bits per heavy atom. The molecule has 5 heteroatoms. The molecule has 48 valence electrons. The van der Waals surface area contributed by atoms with E-state index >= 15 is 0 Å². The fourth-order valence-electron chi connectivity index (χ4n) is 0.424. The average Bonchev–Trinajstić information content (AvgIpc) is 2.14. The van der Waals surface area contributed by atoms with Gasteiger partial charge >= 0.3 is 0 Å². The van der Waals surface area contributed by atoms with E-state index in [1.165, 1.54) is 6.07 Å². The largest absolute Gasteiger partial charge is 0.364 e. The lowest BCUT2D eigenvalue weighted by Gasteiger charge is -1.78. The summed E-state index contributed by atoms with van der Waals surface area (Å²) in [6.07, 6.45) is 0.